The Balaban J connectivity index is 2.04. The van der Waals surface area contributed by atoms with E-state index in [0.717, 1.165) is 0 Å². The SMILES string of the molecule is O=C(O)CCC(/C=N/Nc1ccc([N+](=O)[O-])cc1)=N\Nc1ccc([N+](=O)[O-])cc1. The number of aliphatic carboxylic acids is 1. The number of hydrazone groups is 2. The largest absolute Gasteiger partial charge is 0.481 e. The molecule has 0 radical (unpaired) electrons. The number of non-ortho nitro benzene ring substituents is 2. The second-order valence-electron chi connectivity index (χ2n) is 5.59. The van der Waals surface area contributed by atoms with Gasteiger partial charge in [0, 0.05) is 30.7 Å². The third-order valence-corrected chi connectivity index (χ3v) is 3.49. The molecule has 2 rings (SSSR count). The van der Waals surface area contributed by atoms with Gasteiger partial charge < -0.3 is 5.11 Å². The van der Waals surface area contributed by atoms with Crippen molar-refractivity contribution in [2.24, 2.45) is 10.2 Å². The lowest BCUT2D eigenvalue weighted by Crippen LogP contribution is -2.08. The van der Waals surface area contributed by atoms with Gasteiger partial charge in [0.25, 0.3) is 11.4 Å². The first-order valence-electron chi connectivity index (χ1n) is 8.17. The summed E-state index contributed by atoms with van der Waals surface area (Å²) >= 11 is 0. The molecular weight excluding hydrogens is 384 g/mol. The average Bonchev–Trinajstić information content (AvgIpc) is 2.70. The number of carbonyl (C=O) groups is 1. The van der Waals surface area contributed by atoms with Crippen molar-refractivity contribution >= 4 is 40.6 Å². The smallest absolute Gasteiger partial charge is 0.303 e. The van der Waals surface area contributed by atoms with E-state index >= 15 is 0 Å². The Kier molecular flexibility index (Phi) is 7.30. The van der Waals surface area contributed by atoms with Gasteiger partial charge in [0.15, 0.2) is 0 Å². The van der Waals surface area contributed by atoms with E-state index in [0.29, 0.717) is 17.1 Å². The summed E-state index contributed by atoms with van der Waals surface area (Å²) in [6, 6.07) is 11.1. The lowest BCUT2D eigenvalue weighted by atomic mass is 10.2. The van der Waals surface area contributed by atoms with Crippen molar-refractivity contribution in [3.63, 3.8) is 0 Å². The van der Waals surface area contributed by atoms with E-state index in [9.17, 15) is 25.0 Å². The quantitative estimate of drug-likeness (QED) is 0.310. The number of nitrogens with one attached hydrogen (secondary N) is 2. The van der Waals surface area contributed by atoms with Crippen molar-refractivity contribution in [1.82, 2.24) is 0 Å². The van der Waals surface area contributed by atoms with Crippen LogP contribution in [0.1, 0.15) is 12.8 Å². The Labute approximate surface area is 163 Å². The molecule has 150 valence electrons. The van der Waals surface area contributed by atoms with Crippen LogP contribution in [0.25, 0.3) is 0 Å². The van der Waals surface area contributed by atoms with Crippen LogP contribution in [0, 0.1) is 20.2 Å². The van der Waals surface area contributed by atoms with E-state index in [1.807, 2.05) is 0 Å². The van der Waals surface area contributed by atoms with Gasteiger partial charge >= 0.3 is 5.97 Å². The summed E-state index contributed by atoms with van der Waals surface area (Å²) in [4.78, 5) is 31.1. The van der Waals surface area contributed by atoms with Crippen molar-refractivity contribution in [3.05, 3.63) is 68.8 Å². The van der Waals surface area contributed by atoms with Gasteiger partial charge in [-0.05, 0) is 24.3 Å². The molecule has 0 fully saturated rings. The number of hydrogen-bond donors (Lipinski definition) is 3. The van der Waals surface area contributed by atoms with Crippen molar-refractivity contribution in [3.8, 4) is 0 Å². The molecule has 0 saturated carbocycles. The van der Waals surface area contributed by atoms with Gasteiger partial charge in [0.05, 0.1) is 39.6 Å². The highest BCUT2D eigenvalue weighted by molar-refractivity contribution is 6.31. The average molecular weight is 400 g/mol. The molecule has 0 aliphatic rings. The topological polar surface area (TPSA) is 172 Å². The highest BCUT2D eigenvalue weighted by Crippen LogP contribution is 2.16. The summed E-state index contributed by atoms with van der Waals surface area (Å²) < 4.78 is 0. The van der Waals surface area contributed by atoms with Gasteiger partial charge in [0.1, 0.15) is 0 Å². The fourth-order valence-electron chi connectivity index (χ4n) is 2.02. The first-order valence-corrected chi connectivity index (χ1v) is 8.17. The summed E-state index contributed by atoms with van der Waals surface area (Å²) in [5.74, 6) is -1.01. The number of anilines is 2. The van der Waals surface area contributed by atoms with Crippen LogP contribution in [0.3, 0.4) is 0 Å². The molecule has 0 saturated heterocycles. The lowest BCUT2D eigenvalue weighted by Gasteiger charge is -2.04. The number of carboxylic acid groups (broad SMARTS) is 1. The van der Waals surface area contributed by atoms with Crippen LogP contribution in [0.2, 0.25) is 0 Å². The number of benzene rings is 2. The van der Waals surface area contributed by atoms with Crippen LogP contribution in [-0.2, 0) is 4.79 Å². The molecule has 12 heteroatoms. The Morgan fingerprint density at radius 1 is 0.897 bits per heavy atom. The molecule has 0 unspecified atom stereocenters. The molecule has 0 bridgehead atoms. The molecule has 0 heterocycles. The minimum absolute atomic E-state index is 0.0597. The maximum atomic E-state index is 10.8. The molecule has 12 nitrogen and oxygen atoms in total. The zero-order chi connectivity index (χ0) is 21.2. The zero-order valence-corrected chi connectivity index (χ0v) is 14.9. The molecule has 3 N–H and O–H groups in total. The van der Waals surface area contributed by atoms with Crippen molar-refractivity contribution in [1.29, 1.82) is 0 Å². The van der Waals surface area contributed by atoms with E-state index in [4.69, 9.17) is 5.11 Å². The second kappa shape index (κ2) is 10.1. The second-order valence-corrected chi connectivity index (χ2v) is 5.59. The number of nitro groups is 2. The van der Waals surface area contributed by atoms with E-state index in [1.165, 1.54) is 54.7 Å². The maximum absolute atomic E-state index is 10.8. The van der Waals surface area contributed by atoms with Crippen LogP contribution in [0.4, 0.5) is 22.7 Å². The van der Waals surface area contributed by atoms with Crippen molar-refractivity contribution in [2.75, 3.05) is 10.9 Å². The zero-order valence-electron chi connectivity index (χ0n) is 14.9. The molecule has 29 heavy (non-hydrogen) atoms. The summed E-state index contributed by atoms with van der Waals surface area (Å²) in [6.45, 7) is 0. The van der Waals surface area contributed by atoms with E-state index < -0.39 is 15.8 Å². The van der Waals surface area contributed by atoms with E-state index in [1.54, 1.807) is 0 Å². The van der Waals surface area contributed by atoms with Crippen LogP contribution >= 0.6 is 0 Å². The summed E-state index contributed by atoms with van der Waals surface area (Å²) in [6.07, 6.45) is 1.22. The minimum atomic E-state index is -1.01. The number of nitro benzene ring substituents is 2. The molecule has 0 amide bonds. The predicted octanol–water partition coefficient (Wildman–Crippen LogP) is 3.23. The fraction of sp³-hybridized carbons (Fsp3) is 0.118. The normalized spacial score (nSPS) is 11.2. The molecule has 0 atom stereocenters. The van der Waals surface area contributed by atoms with Gasteiger partial charge in [-0.1, -0.05) is 0 Å². The number of carboxylic acids is 1. The minimum Gasteiger partial charge on any atom is -0.481 e. The van der Waals surface area contributed by atoms with Gasteiger partial charge in [-0.25, -0.2) is 0 Å². The van der Waals surface area contributed by atoms with Crippen LogP contribution in [0.15, 0.2) is 58.7 Å². The molecule has 0 spiro atoms. The Morgan fingerprint density at radius 3 is 1.83 bits per heavy atom. The first kappa shape index (κ1) is 21.0. The molecular formula is C17H16N6O6. The summed E-state index contributed by atoms with van der Waals surface area (Å²) in [5.41, 5.74) is 6.49. The molecule has 0 aliphatic carbocycles. The summed E-state index contributed by atoms with van der Waals surface area (Å²) in [7, 11) is 0. The lowest BCUT2D eigenvalue weighted by molar-refractivity contribution is -0.385. The highest BCUT2D eigenvalue weighted by atomic mass is 16.6. The van der Waals surface area contributed by atoms with Crippen LogP contribution in [-0.4, -0.2) is 32.8 Å². The van der Waals surface area contributed by atoms with E-state index in [2.05, 4.69) is 21.1 Å². The Morgan fingerprint density at radius 2 is 1.38 bits per heavy atom. The fourth-order valence-corrected chi connectivity index (χ4v) is 2.02. The molecule has 0 aromatic heterocycles. The maximum Gasteiger partial charge on any atom is 0.303 e. The van der Waals surface area contributed by atoms with Gasteiger partial charge in [-0.15, -0.1) is 0 Å². The highest BCUT2D eigenvalue weighted by Gasteiger charge is 2.06. The van der Waals surface area contributed by atoms with Gasteiger partial charge in [-0.3, -0.25) is 35.9 Å². The third kappa shape index (κ3) is 7.05. The number of nitrogens with zero attached hydrogens (tertiary/aromatic N) is 4. The van der Waals surface area contributed by atoms with Crippen molar-refractivity contribution in [2.45, 2.75) is 12.8 Å². The third-order valence-electron chi connectivity index (χ3n) is 3.49. The first-order chi connectivity index (χ1) is 13.8. The predicted molar refractivity (Wildman–Crippen MR) is 106 cm³/mol. The standard InChI is InChI=1S/C17H16N6O6/c24-17(25)10-5-14(21-20-13-3-8-16(9-4-13)23(28)29)11-18-19-12-1-6-15(7-2-12)22(26)27/h1-4,6-9,11,19-20H,5,10H2,(H,24,25)/b18-11+,21-14+. The van der Waals surface area contributed by atoms with Crippen LogP contribution in [0.5, 0.6) is 0 Å². The van der Waals surface area contributed by atoms with Crippen molar-refractivity contribution < 1.29 is 19.7 Å². The summed E-state index contributed by atoms with van der Waals surface area (Å²) in [5, 5.41) is 38.2. The number of rotatable bonds is 10. The van der Waals surface area contributed by atoms with E-state index in [-0.39, 0.29) is 24.2 Å². The molecule has 2 aromatic rings. The monoisotopic (exact) mass is 400 g/mol. The van der Waals surface area contributed by atoms with Crippen LogP contribution < -0.4 is 10.9 Å². The number of hydrogen-bond acceptors (Lipinski definition) is 9. The van der Waals surface area contributed by atoms with Gasteiger partial charge in [-0.2, -0.15) is 10.2 Å². The Bertz CT molecular complexity index is 940. The molecule has 2 aromatic carbocycles. The Hall–Kier alpha value is -4.35. The van der Waals surface area contributed by atoms with Gasteiger partial charge in [0.2, 0.25) is 0 Å². The molecule has 0 aliphatic heterocycles.